The fourth-order valence-electron chi connectivity index (χ4n) is 2.53. The fraction of sp³-hybridized carbons (Fsp3) is 1.00. The first-order valence-corrected chi connectivity index (χ1v) is 4.20. The number of hydrogen-bond acceptors (Lipinski definition) is 0. The maximum absolute atomic E-state index is 2.34. The molecule has 2 bridgehead atoms. The Morgan fingerprint density at radius 1 is 1.33 bits per heavy atom. The van der Waals surface area contributed by atoms with Crippen molar-refractivity contribution in [2.75, 3.05) is 26.1 Å². The zero-order valence-corrected chi connectivity index (χ0v) is 6.27. The minimum atomic E-state index is 1.12. The number of quaternary nitrogens is 1. The summed E-state index contributed by atoms with van der Waals surface area (Å²) in [5.41, 5.74) is 0. The molecular formula is C7H15BN+. The molecule has 2 heterocycles. The van der Waals surface area contributed by atoms with Gasteiger partial charge in [0.05, 0.1) is 19.6 Å². The lowest BCUT2D eigenvalue weighted by atomic mass is 10.1. The minimum Gasteiger partial charge on any atom is -0.331 e. The van der Waals surface area contributed by atoms with Gasteiger partial charge in [0, 0.05) is 25.2 Å². The van der Waals surface area contributed by atoms with E-state index < -0.39 is 0 Å². The average molecular weight is 124 g/mol. The standard InChI is InChI=1S/C7H15BN/c8-6-9-3-1-7(5-9)2-4-9/h7H,1-6,8H2/q+1. The van der Waals surface area contributed by atoms with Crippen LogP contribution in [0.5, 0.6) is 0 Å². The van der Waals surface area contributed by atoms with Gasteiger partial charge in [0.1, 0.15) is 0 Å². The molecule has 0 radical (unpaired) electrons. The summed E-state index contributed by atoms with van der Waals surface area (Å²) in [5.74, 6) is 1.12. The van der Waals surface area contributed by atoms with Crippen molar-refractivity contribution in [3.05, 3.63) is 0 Å². The third-order valence-electron chi connectivity index (χ3n) is 3.34. The summed E-state index contributed by atoms with van der Waals surface area (Å²) in [6.45, 7) is 4.48. The highest BCUT2D eigenvalue weighted by Gasteiger charge is 2.42. The van der Waals surface area contributed by atoms with Crippen LogP contribution in [0.3, 0.4) is 0 Å². The van der Waals surface area contributed by atoms with Gasteiger partial charge in [0.15, 0.2) is 7.85 Å². The number of hydrogen-bond donors (Lipinski definition) is 0. The van der Waals surface area contributed by atoms with Gasteiger partial charge in [0.25, 0.3) is 0 Å². The van der Waals surface area contributed by atoms with Crippen LogP contribution in [0.15, 0.2) is 0 Å². The summed E-state index contributed by atoms with van der Waals surface area (Å²) in [4.78, 5) is 0. The van der Waals surface area contributed by atoms with Gasteiger partial charge in [-0.15, -0.1) is 0 Å². The van der Waals surface area contributed by atoms with Crippen LogP contribution < -0.4 is 0 Å². The van der Waals surface area contributed by atoms with E-state index in [4.69, 9.17) is 0 Å². The Labute approximate surface area is 58.0 Å². The van der Waals surface area contributed by atoms with Gasteiger partial charge in [-0.1, -0.05) is 0 Å². The van der Waals surface area contributed by atoms with Gasteiger partial charge >= 0.3 is 0 Å². The molecule has 0 amide bonds. The summed E-state index contributed by atoms with van der Waals surface area (Å²) in [6, 6.07) is 0. The van der Waals surface area contributed by atoms with Crippen LogP contribution in [0, 0.1) is 5.92 Å². The van der Waals surface area contributed by atoms with E-state index >= 15 is 0 Å². The van der Waals surface area contributed by atoms with Crippen molar-refractivity contribution in [2.24, 2.45) is 5.92 Å². The molecule has 0 unspecified atom stereocenters. The first-order valence-electron chi connectivity index (χ1n) is 4.20. The van der Waals surface area contributed by atoms with Crippen LogP contribution in [0.1, 0.15) is 12.8 Å². The maximum atomic E-state index is 2.34. The van der Waals surface area contributed by atoms with Crippen molar-refractivity contribution in [1.29, 1.82) is 0 Å². The highest BCUT2D eigenvalue weighted by Crippen LogP contribution is 2.34. The van der Waals surface area contributed by atoms with E-state index in [0.29, 0.717) is 0 Å². The van der Waals surface area contributed by atoms with Crippen LogP contribution in [0.4, 0.5) is 0 Å². The number of piperidine rings is 1. The van der Waals surface area contributed by atoms with Gasteiger partial charge in [-0.2, -0.15) is 0 Å². The number of rotatable bonds is 1. The average Bonchev–Trinajstić information content (AvgIpc) is 2.46. The van der Waals surface area contributed by atoms with Gasteiger partial charge in [-0.05, 0) is 0 Å². The molecule has 0 aromatic rings. The highest BCUT2D eigenvalue weighted by atomic mass is 15.4. The van der Waals surface area contributed by atoms with Gasteiger partial charge in [0.2, 0.25) is 0 Å². The van der Waals surface area contributed by atoms with Crippen molar-refractivity contribution in [2.45, 2.75) is 12.8 Å². The molecule has 0 spiro atoms. The molecule has 2 fully saturated rings. The number of fused-ring (bicyclic) bond motifs is 2. The largest absolute Gasteiger partial charge is 0.331 e. The van der Waals surface area contributed by atoms with Crippen molar-refractivity contribution < 1.29 is 4.48 Å². The van der Waals surface area contributed by atoms with Crippen molar-refractivity contribution in [3.63, 3.8) is 0 Å². The lowest BCUT2D eigenvalue weighted by Crippen LogP contribution is -2.44. The lowest BCUT2D eigenvalue weighted by Gasteiger charge is -2.30. The molecule has 2 aliphatic rings. The van der Waals surface area contributed by atoms with Crippen LogP contribution >= 0.6 is 0 Å². The summed E-state index contributed by atoms with van der Waals surface area (Å²) in [6.07, 6.45) is 4.43. The van der Waals surface area contributed by atoms with E-state index in [1.165, 1.54) is 43.4 Å². The predicted molar refractivity (Wildman–Crippen MR) is 41.0 cm³/mol. The van der Waals surface area contributed by atoms with Crippen molar-refractivity contribution in [3.8, 4) is 0 Å². The molecule has 2 heteroatoms. The Morgan fingerprint density at radius 3 is 2.22 bits per heavy atom. The summed E-state index contributed by atoms with van der Waals surface area (Å²) in [7, 11) is 2.34. The summed E-state index contributed by atoms with van der Waals surface area (Å²) in [5, 5.41) is 0. The topological polar surface area (TPSA) is 0 Å². The fourth-order valence-corrected chi connectivity index (χ4v) is 2.53. The monoisotopic (exact) mass is 124 g/mol. The third-order valence-corrected chi connectivity index (χ3v) is 3.34. The van der Waals surface area contributed by atoms with E-state index in [1.807, 2.05) is 0 Å². The Balaban J connectivity index is 2.13. The Bertz CT molecular complexity index is 116. The first kappa shape index (κ1) is 5.78. The quantitative estimate of drug-likeness (QED) is 0.336. The van der Waals surface area contributed by atoms with Crippen LogP contribution in [0.25, 0.3) is 0 Å². The van der Waals surface area contributed by atoms with E-state index in [2.05, 4.69) is 7.85 Å². The number of nitrogens with zero attached hydrogens (tertiary/aromatic N) is 1. The molecule has 1 nitrogen and oxygen atoms in total. The Morgan fingerprint density at radius 2 is 2.00 bits per heavy atom. The van der Waals surface area contributed by atoms with E-state index in [9.17, 15) is 0 Å². The third kappa shape index (κ3) is 0.726. The van der Waals surface area contributed by atoms with Crippen LogP contribution in [-0.2, 0) is 0 Å². The lowest BCUT2D eigenvalue weighted by molar-refractivity contribution is -0.898. The zero-order chi connectivity index (χ0) is 6.32. The summed E-state index contributed by atoms with van der Waals surface area (Å²) < 4.78 is 1.46. The molecule has 0 saturated carbocycles. The summed E-state index contributed by atoms with van der Waals surface area (Å²) >= 11 is 0. The molecule has 0 aromatic carbocycles. The Hall–Kier alpha value is 0.0249. The molecule has 50 valence electrons. The Kier molecular flexibility index (Phi) is 1.13. The molecule has 2 saturated heterocycles. The molecule has 0 atom stereocenters. The molecule has 0 N–H and O–H groups in total. The smallest absolute Gasteiger partial charge is 0.173 e. The second kappa shape index (κ2) is 1.75. The van der Waals surface area contributed by atoms with Crippen LogP contribution in [0.2, 0.25) is 0 Å². The molecule has 9 heavy (non-hydrogen) atoms. The van der Waals surface area contributed by atoms with Gasteiger partial charge < -0.3 is 4.48 Å². The second-order valence-electron chi connectivity index (χ2n) is 3.73. The second-order valence-corrected chi connectivity index (χ2v) is 3.73. The first-order chi connectivity index (χ1) is 4.35. The highest BCUT2D eigenvalue weighted by molar-refractivity contribution is 6.08. The maximum Gasteiger partial charge on any atom is 0.173 e. The van der Waals surface area contributed by atoms with Crippen molar-refractivity contribution >= 4 is 7.85 Å². The molecule has 0 aromatic heterocycles. The van der Waals surface area contributed by atoms with E-state index in [-0.39, 0.29) is 0 Å². The van der Waals surface area contributed by atoms with Gasteiger partial charge in [-0.3, -0.25) is 0 Å². The SMILES string of the molecule is BC[N+]12CCC(CC1)C2. The van der Waals surface area contributed by atoms with Crippen molar-refractivity contribution in [1.82, 2.24) is 0 Å². The molecule has 0 aliphatic carbocycles. The van der Waals surface area contributed by atoms with E-state index in [0.717, 1.165) is 5.92 Å². The normalized spacial score (nSPS) is 48.2. The predicted octanol–water partition coefficient (Wildman–Crippen LogP) is -0.183. The van der Waals surface area contributed by atoms with E-state index in [1.54, 1.807) is 0 Å². The molecule has 2 rings (SSSR count). The molecular weight excluding hydrogens is 109 g/mol. The van der Waals surface area contributed by atoms with Gasteiger partial charge in [-0.25, -0.2) is 0 Å². The van der Waals surface area contributed by atoms with Crippen LogP contribution in [-0.4, -0.2) is 38.4 Å². The molecule has 2 aliphatic heterocycles. The minimum absolute atomic E-state index is 1.12. The zero-order valence-electron chi connectivity index (χ0n) is 6.27.